The van der Waals surface area contributed by atoms with Gasteiger partial charge in [-0.3, -0.25) is 0 Å². The van der Waals surface area contributed by atoms with Crippen LogP contribution in [0.2, 0.25) is 5.02 Å². The summed E-state index contributed by atoms with van der Waals surface area (Å²) in [4.78, 5) is 4.25. The van der Waals surface area contributed by atoms with Crippen LogP contribution >= 0.6 is 11.6 Å². The van der Waals surface area contributed by atoms with E-state index in [1.165, 1.54) is 6.20 Å². The van der Waals surface area contributed by atoms with Crippen LogP contribution in [0.4, 0.5) is 0 Å². The zero-order valence-electron chi connectivity index (χ0n) is 6.94. The summed E-state index contributed by atoms with van der Waals surface area (Å²) in [7, 11) is 0. The molecule has 2 aliphatic rings. The van der Waals surface area contributed by atoms with Gasteiger partial charge >= 0.3 is 0 Å². The number of aromatic nitrogens is 3. The standard InChI is InChI=1S/C9H4ClN3O/c10-5-1-2-7-6(3-5)12-9-8(14-7)4-11-13-9/h1-4H. The molecule has 0 aromatic heterocycles. The maximum Gasteiger partial charge on any atom is 0.219 e. The van der Waals surface area contributed by atoms with E-state index in [0.717, 1.165) is 0 Å². The van der Waals surface area contributed by atoms with Crippen LogP contribution in [-0.4, -0.2) is 15.2 Å². The Hall–Kier alpha value is -1.68. The van der Waals surface area contributed by atoms with Crippen molar-refractivity contribution in [1.82, 2.24) is 15.2 Å². The molecule has 0 saturated carbocycles. The second kappa shape index (κ2) is 2.65. The normalized spacial score (nSPS) is 11.2. The Balaban J connectivity index is 2.47. The van der Waals surface area contributed by atoms with Gasteiger partial charge in [0.25, 0.3) is 0 Å². The first kappa shape index (κ1) is 7.70. The largest absolute Gasteiger partial charge is 0.449 e. The number of benzene rings is 1. The average molecular weight is 206 g/mol. The Kier molecular flexibility index (Phi) is 1.46. The summed E-state index contributed by atoms with van der Waals surface area (Å²) in [6.45, 7) is 0. The van der Waals surface area contributed by atoms with Gasteiger partial charge in [-0.05, 0) is 18.2 Å². The maximum absolute atomic E-state index is 5.83. The van der Waals surface area contributed by atoms with Gasteiger partial charge in [0.2, 0.25) is 5.82 Å². The monoisotopic (exact) mass is 205 g/mol. The van der Waals surface area contributed by atoms with E-state index in [9.17, 15) is 0 Å². The molecule has 5 heteroatoms. The molecule has 0 saturated heterocycles. The Bertz CT molecular complexity index is 577. The zero-order valence-corrected chi connectivity index (χ0v) is 7.69. The molecule has 0 N–H and O–H groups in total. The van der Waals surface area contributed by atoms with E-state index in [-0.39, 0.29) is 0 Å². The van der Waals surface area contributed by atoms with Crippen molar-refractivity contribution >= 4 is 22.7 Å². The van der Waals surface area contributed by atoms with Gasteiger partial charge in [0.05, 0.1) is 6.20 Å². The molecule has 0 fully saturated rings. The van der Waals surface area contributed by atoms with E-state index in [1.807, 2.05) is 0 Å². The van der Waals surface area contributed by atoms with E-state index in [4.69, 9.17) is 16.0 Å². The van der Waals surface area contributed by atoms with Crippen molar-refractivity contribution in [3.63, 3.8) is 0 Å². The van der Waals surface area contributed by atoms with Crippen LogP contribution in [0.15, 0.2) is 28.8 Å². The molecule has 3 rings (SSSR count). The minimum atomic E-state index is 0.500. The molecular weight excluding hydrogens is 202 g/mol. The molecule has 68 valence electrons. The average Bonchev–Trinajstić information content (AvgIpc) is 2.61. The Morgan fingerprint density at radius 1 is 1.29 bits per heavy atom. The number of hydrogen-bond donors (Lipinski definition) is 0. The molecular formula is C9H4ClN3O. The van der Waals surface area contributed by atoms with Gasteiger partial charge in [0.15, 0.2) is 11.3 Å². The Labute approximate surface area is 83.9 Å². The highest BCUT2D eigenvalue weighted by molar-refractivity contribution is 6.31. The summed E-state index contributed by atoms with van der Waals surface area (Å²) in [6.07, 6.45) is 1.54. The van der Waals surface area contributed by atoms with E-state index >= 15 is 0 Å². The zero-order chi connectivity index (χ0) is 9.54. The second-order valence-corrected chi connectivity index (χ2v) is 3.29. The lowest BCUT2D eigenvalue weighted by molar-refractivity contribution is 0.613. The molecule has 1 aromatic carbocycles. The van der Waals surface area contributed by atoms with Gasteiger partial charge in [0, 0.05) is 5.02 Å². The number of hydrogen-bond acceptors (Lipinski definition) is 4. The topological polar surface area (TPSA) is 51.8 Å². The van der Waals surface area contributed by atoms with Gasteiger partial charge in [0.1, 0.15) is 5.52 Å². The predicted octanol–water partition coefficient (Wildman–Crippen LogP) is 2.38. The first-order valence-corrected chi connectivity index (χ1v) is 4.38. The second-order valence-electron chi connectivity index (χ2n) is 2.86. The quantitative estimate of drug-likeness (QED) is 0.565. The highest BCUT2D eigenvalue weighted by Crippen LogP contribution is 2.24. The number of fused-ring (bicyclic) bond motifs is 2. The fourth-order valence-electron chi connectivity index (χ4n) is 1.29. The Morgan fingerprint density at radius 3 is 3.14 bits per heavy atom. The molecule has 0 unspecified atom stereocenters. The molecule has 0 amide bonds. The molecule has 0 radical (unpaired) electrons. The van der Waals surface area contributed by atoms with Crippen molar-refractivity contribution in [2.45, 2.75) is 0 Å². The molecule has 1 aromatic rings. The molecule has 2 heterocycles. The van der Waals surface area contributed by atoms with Crippen LogP contribution in [0.25, 0.3) is 22.7 Å². The molecule has 0 bridgehead atoms. The third-order valence-corrected chi connectivity index (χ3v) is 2.15. The summed E-state index contributed by atoms with van der Waals surface area (Å²) in [6, 6.07) is 5.26. The first-order valence-electron chi connectivity index (χ1n) is 4.00. The minimum absolute atomic E-state index is 0.500. The maximum atomic E-state index is 5.83. The van der Waals surface area contributed by atoms with Crippen LogP contribution in [0.5, 0.6) is 0 Å². The molecule has 14 heavy (non-hydrogen) atoms. The minimum Gasteiger partial charge on any atom is -0.449 e. The van der Waals surface area contributed by atoms with Crippen molar-refractivity contribution in [1.29, 1.82) is 0 Å². The fourth-order valence-corrected chi connectivity index (χ4v) is 1.46. The molecule has 0 atom stereocenters. The van der Waals surface area contributed by atoms with Crippen molar-refractivity contribution in [2.75, 3.05) is 0 Å². The third kappa shape index (κ3) is 1.04. The van der Waals surface area contributed by atoms with Crippen LogP contribution in [0, 0.1) is 0 Å². The van der Waals surface area contributed by atoms with Crippen LogP contribution in [0.3, 0.4) is 0 Å². The molecule has 0 aliphatic carbocycles. The van der Waals surface area contributed by atoms with Crippen molar-refractivity contribution < 1.29 is 4.42 Å². The lowest BCUT2D eigenvalue weighted by atomic mass is 10.3. The molecule has 2 aliphatic heterocycles. The number of nitrogens with zero attached hydrogens (tertiary/aromatic N) is 3. The summed E-state index contributed by atoms with van der Waals surface area (Å²) in [5, 5.41) is 8.13. The summed E-state index contributed by atoms with van der Waals surface area (Å²) in [5.74, 6) is 1.08. The van der Waals surface area contributed by atoms with Crippen LogP contribution in [0.1, 0.15) is 0 Å². The predicted molar refractivity (Wildman–Crippen MR) is 51.2 cm³/mol. The van der Waals surface area contributed by atoms with Crippen LogP contribution in [-0.2, 0) is 0 Å². The van der Waals surface area contributed by atoms with Gasteiger partial charge in [-0.25, -0.2) is 4.98 Å². The van der Waals surface area contributed by atoms with E-state index in [1.54, 1.807) is 18.2 Å². The fraction of sp³-hybridized carbons (Fsp3) is 0. The van der Waals surface area contributed by atoms with Crippen LogP contribution < -0.4 is 0 Å². The molecule has 0 spiro atoms. The SMILES string of the molecule is Clc1ccc2oc3cnnc-3nc2c1. The van der Waals surface area contributed by atoms with Gasteiger partial charge < -0.3 is 4.42 Å². The molecule has 4 nitrogen and oxygen atoms in total. The van der Waals surface area contributed by atoms with Crippen molar-refractivity contribution in [3.05, 3.63) is 29.4 Å². The lowest BCUT2D eigenvalue weighted by Crippen LogP contribution is -1.85. The summed E-state index contributed by atoms with van der Waals surface area (Å²) >= 11 is 5.83. The van der Waals surface area contributed by atoms with Gasteiger partial charge in [-0.15, -0.1) is 5.10 Å². The first-order chi connectivity index (χ1) is 6.83. The highest BCUT2D eigenvalue weighted by Gasteiger charge is 2.11. The third-order valence-electron chi connectivity index (χ3n) is 1.92. The smallest absolute Gasteiger partial charge is 0.219 e. The van der Waals surface area contributed by atoms with E-state index in [2.05, 4.69) is 15.2 Å². The highest BCUT2D eigenvalue weighted by atomic mass is 35.5. The summed E-state index contributed by atoms with van der Waals surface area (Å²) < 4.78 is 5.50. The summed E-state index contributed by atoms with van der Waals surface area (Å²) in [5.41, 5.74) is 1.36. The Morgan fingerprint density at radius 2 is 2.21 bits per heavy atom. The van der Waals surface area contributed by atoms with E-state index in [0.29, 0.717) is 27.7 Å². The lowest BCUT2D eigenvalue weighted by Gasteiger charge is -1.99. The van der Waals surface area contributed by atoms with Gasteiger partial charge in [-0.1, -0.05) is 11.6 Å². The van der Waals surface area contributed by atoms with E-state index < -0.39 is 0 Å². The van der Waals surface area contributed by atoms with Gasteiger partial charge in [-0.2, -0.15) is 5.10 Å². The van der Waals surface area contributed by atoms with Crippen molar-refractivity contribution in [2.24, 2.45) is 0 Å². The van der Waals surface area contributed by atoms with Crippen molar-refractivity contribution in [3.8, 4) is 11.6 Å². The number of rotatable bonds is 0. The number of halogens is 1.